The number of nitrogens with two attached hydrogens (primary N) is 1. The Hall–Kier alpha value is -1.36. The molecule has 2 rings (SSSR count). The molecule has 1 heterocycles. The molecule has 5 heteroatoms. The Balaban J connectivity index is 1.75. The van der Waals surface area contributed by atoms with Crippen LogP contribution in [0.15, 0.2) is 12.4 Å². The molecule has 1 fully saturated rings. The van der Waals surface area contributed by atoms with E-state index in [9.17, 15) is 4.79 Å². The van der Waals surface area contributed by atoms with Crippen LogP contribution in [0.25, 0.3) is 0 Å². The fraction of sp³-hybridized carbons (Fsp3) is 0.636. The van der Waals surface area contributed by atoms with Crippen LogP contribution in [0.2, 0.25) is 0 Å². The second kappa shape index (κ2) is 4.65. The van der Waals surface area contributed by atoms with Crippen molar-refractivity contribution in [1.29, 1.82) is 0 Å². The van der Waals surface area contributed by atoms with E-state index >= 15 is 0 Å². The van der Waals surface area contributed by atoms with Crippen molar-refractivity contribution in [3.05, 3.63) is 18.2 Å². The van der Waals surface area contributed by atoms with Crippen molar-refractivity contribution in [3.63, 3.8) is 0 Å². The number of H-pyrrole nitrogens is 1. The topological polar surface area (TPSA) is 83.8 Å². The highest BCUT2D eigenvalue weighted by molar-refractivity contribution is 5.86. The molecule has 16 heavy (non-hydrogen) atoms. The predicted molar refractivity (Wildman–Crippen MR) is 60.7 cm³/mol. The lowest BCUT2D eigenvalue weighted by molar-refractivity contribution is -0.126. The number of amides is 1. The van der Waals surface area contributed by atoms with Gasteiger partial charge in [0, 0.05) is 25.4 Å². The number of nitrogens with zero attached hydrogens (tertiary/aromatic N) is 1. The van der Waals surface area contributed by atoms with Crippen molar-refractivity contribution in [3.8, 4) is 0 Å². The van der Waals surface area contributed by atoms with E-state index in [1.807, 2.05) is 0 Å². The van der Waals surface area contributed by atoms with E-state index in [0.717, 1.165) is 37.9 Å². The number of aromatic amines is 1. The lowest BCUT2D eigenvalue weighted by Gasteiger charge is -2.21. The minimum Gasteiger partial charge on any atom is -0.354 e. The van der Waals surface area contributed by atoms with E-state index in [-0.39, 0.29) is 5.91 Å². The predicted octanol–water partition coefficient (Wildman–Crippen LogP) is 0.340. The molecule has 0 bridgehead atoms. The van der Waals surface area contributed by atoms with Gasteiger partial charge in [-0.2, -0.15) is 0 Å². The Kier molecular flexibility index (Phi) is 3.24. The van der Waals surface area contributed by atoms with Gasteiger partial charge in [-0.05, 0) is 12.8 Å². The second-order valence-corrected chi connectivity index (χ2v) is 4.41. The maximum atomic E-state index is 11.8. The largest absolute Gasteiger partial charge is 0.354 e. The van der Waals surface area contributed by atoms with Gasteiger partial charge in [-0.1, -0.05) is 12.8 Å². The van der Waals surface area contributed by atoms with Crippen LogP contribution in [0.1, 0.15) is 31.5 Å². The lowest BCUT2D eigenvalue weighted by atomic mass is 9.98. The van der Waals surface area contributed by atoms with E-state index in [4.69, 9.17) is 5.73 Å². The van der Waals surface area contributed by atoms with Crippen LogP contribution in [-0.4, -0.2) is 28.0 Å². The summed E-state index contributed by atoms with van der Waals surface area (Å²) in [6, 6.07) is 0. The molecular formula is C11H18N4O. The third kappa shape index (κ3) is 2.41. The summed E-state index contributed by atoms with van der Waals surface area (Å²) in [6.07, 6.45) is 7.93. The monoisotopic (exact) mass is 222 g/mol. The van der Waals surface area contributed by atoms with E-state index in [1.54, 1.807) is 12.4 Å². The van der Waals surface area contributed by atoms with Crippen LogP contribution >= 0.6 is 0 Å². The third-order valence-electron chi connectivity index (χ3n) is 3.15. The van der Waals surface area contributed by atoms with Crippen molar-refractivity contribution in [1.82, 2.24) is 15.3 Å². The molecule has 1 aliphatic rings. The molecule has 0 atom stereocenters. The average Bonchev–Trinajstić information content (AvgIpc) is 2.90. The summed E-state index contributed by atoms with van der Waals surface area (Å²) < 4.78 is 0. The summed E-state index contributed by atoms with van der Waals surface area (Å²) in [6.45, 7) is 0.589. The van der Waals surface area contributed by atoms with Gasteiger partial charge in [0.2, 0.25) is 5.91 Å². The summed E-state index contributed by atoms with van der Waals surface area (Å²) >= 11 is 0. The average molecular weight is 222 g/mol. The Morgan fingerprint density at radius 2 is 2.31 bits per heavy atom. The molecule has 5 nitrogen and oxygen atoms in total. The highest BCUT2D eigenvalue weighted by Crippen LogP contribution is 2.27. The zero-order valence-corrected chi connectivity index (χ0v) is 9.33. The molecule has 0 saturated heterocycles. The first-order valence-electron chi connectivity index (χ1n) is 5.76. The standard InChI is InChI=1S/C11H18N4O/c12-11(4-1-2-5-11)10(16)15-6-3-9-13-7-8-14-9/h7-8H,1-6,12H2,(H,13,14)(H,15,16). The van der Waals surface area contributed by atoms with Crippen LogP contribution in [0.4, 0.5) is 0 Å². The molecule has 0 unspecified atom stereocenters. The van der Waals surface area contributed by atoms with Crippen molar-refractivity contribution in [2.24, 2.45) is 5.73 Å². The molecule has 0 aliphatic heterocycles. The minimum atomic E-state index is -0.622. The van der Waals surface area contributed by atoms with Gasteiger partial charge in [0.25, 0.3) is 0 Å². The molecule has 0 aromatic carbocycles. The van der Waals surface area contributed by atoms with Crippen molar-refractivity contribution < 1.29 is 4.79 Å². The van der Waals surface area contributed by atoms with E-state index in [0.29, 0.717) is 6.54 Å². The fourth-order valence-electron chi connectivity index (χ4n) is 2.14. The van der Waals surface area contributed by atoms with Crippen LogP contribution < -0.4 is 11.1 Å². The Morgan fingerprint density at radius 3 is 2.94 bits per heavy atom. The van der Waals surface area contributed by atoms with Gasteiger partial charge in [0.1, 0.15) is 5.82 Å². The number of rotatable bonds is 4. The zero-order chi connectivity index (χ0) is 11.4. The first kappa shape index (κ1) is 11.1. The summed E-state index contributed by atoms with van der Waals surface area (Å²) in [5.41, 5.74) is 5.40. The number of aromatic nitrogens is 2. The van der Waals surface area contributed by atoms with Gasteiger partial charge in [-0.25, -0.2) is 4.98 Å². The van der Waals surface area contributed by atoms with Gasteiger partial charge < -0.3 is 16.0 Å². The summed E-state index contributed by atoms with van der Waals surface area (Å²) in [4.78, 5) is 18.9. The van der Waals surface area contributed by atoms with E-state index in [2.05, 4.69) is 15.3 Å². The van der Waals surface area contributed by atoms with Gasteiger partial charge in [0.05, 0.1) is 5.54 Å². The summed E-state index contributed by atoms with van der Waals surface area (Å²) in [7, 11) is 0. The smallest absolute Gasteiger partial charge is 0.240 e. The third-order valence-corrected chi connectivity index (χ3v) is 3.15. The minimum absolute atomic E-state index is 0.0171. The normalized spacial score (nSPS) is 18.6. The van der Waals surface area contributed by atoms with Gasteiger partial charge in [0.15, 0.2) is 0 Å². The maximum Gasteiger partial charge on any atom is 0.240 e. The van der Waals surface area contributed by atoms with Crippen LogP contribution in [-0.2, 0) is 11.2 Å². The highest BCUT2D eigenvalue weighted by atomic mass is 16.2. The number of carbonyl (C=O) groups is 1. The Labute approximate surface area is 94.8 Å². The number of carbonyl (C=O) groups excluding carboxylic acids is 1. The van der Waals surface area contributed by atoms with E-state index < -0.39 is 5.54 Å². The van der Waals surface area contributed by atoms with Gasteiger partial charge in [-0.3, -0.25) is 4.79 Å². The molecule has 0 radical (unpaired) electrons. The number of nitrogens with one attached hydrogen (secondary N) is 2. The van der Waals surface area contributed by atoms with Crippen molar-refractivity contribution in [2.45, 2.75) is 37.6 Å². The summed E-state index contributed by atoms with van der Waals surface area (Å²) in [5.74, 6) is 0.870. The quantitative estimate of drug-likeness (QED) is 0.687. The first-order valence-corrected chi connectivity index (χ1v) is 5.76. The summed E-state index contributed by atoms with van der Waals surface area (Å²) in [5, 5.41) is 2.88. The molecule has 88 valence electrons. The maximum absolute atomic E-state index is 11.8. The highest BCUT2D eigenvalue weighted by Gasteiger charge is 2.36. The molecular weight excluding hydrogens is 204 g/mol. The zero-order valence-electron chi connectivity index (χ0n) is 9.33. The lowest BCUT2D eigenvalue weighted by Crippen LogP contribution is -2.52. The van der Waals surface area contributed by atoms with Gasteiger partial charge >= 0.3 is 0 Å². The molecule has 1 aromatic rings. The van der Waals surface area contributed by atoms with Crippen LogP contribution in [0.5, 0.6) is 0 Å². The van der Waals surface area contributed by atoms with Crippen molar-refractivity contribution >= 4 is 5.91 Å². The Bertz CT molecular complexity index is 341. The Morgan fingerprint density at radius 1 is 1.56 bits per heavy atom. The molecule has 1 saturated carbocycles. The van der Waals surface area contributed by atoms with Crippen LogP contribution in [0.3, 0.4) is 0 Å². The molecule has 1 amide bonds. The van der Waals surface area contributed by atoms with Crippen molar-refractivity contribution in [2.75, 3.05) is 6.54 Å². The number of hydrogen-bond acceptors (Lipinski definition) is 3. The first-order chi connectivity index (χ1) is 7.71. The fourth-order valence-corrected chi connectivity index (χ4v) is 2.14. The van der Waals surface area contributed by atoms with Crippen LogP contribution in [0, 0.1) is 0 Å². The number of hydrogen-bond donors (Lipinski definition) is 3. The van der Waals surface area contributed by atoms with Gasteiger partial charge in [-0.15, -0.1) is 0 Å². The second-order valence-electron chi connectivity index (χ2n) is 4.41. The SMILES string of the molecule is NC1(C(=O)NCCc2ncc[nH]2)CCCC1. The molecule has 1 aliphatic carbocycles. The van der Waals surface area contributed by atoms with E-state index in [1.165, 1.54) is 0 Å². The molecule has 0 spiro atoms. The molecule has 1 aromatic heterocycles. The number of imidazole rings is 1. The molecule has 4 N–H and O–H groups in total.